The zero-order valence-corrected chi connectivity index (χ0v) is 9.17. The second-order valence-corrected chi connectivity index (χ2v) is 3.64. The van der Waals surface area contributed by atoms with Crippen LogP contribution in [0.5, 0.6) is 0 Å². The van der Waals surface area contributed by atoms with E-state index in [1.165, 1.54) is 0 Å². The largest absolute Gasteiger partial charge is 0.457 e. The number of fused-ring (bicyclic) bond motifs is 1. The van der Waals surface area contributed by atoms with Crippen molar-refractivity contribution in [3.05, 3.63) is 51.4 Å². The van der Waals surface area contributed by atoms with Gasteiger partial charge in [0.15, 0.2) is 0 Å². The average molecular weight is 229 g/mol. The molecule has 5 heteroatoms. The topological polar surface area (TPSA) is 75.1 Å². The van der Waals surface area contributed by atoms with Crippen LogP contribution in [0.25, 0.3) is 16.5 Å². The number of carbonyl (C=O) groups is 1. The van der Waals surface area contributed by atoms with Crippen molar-refractivity contribution in [2.24, 2.45) is 5.11 Å². The van der Waals surface area contributed by atoms with Gasteiger partial charge in [-0.2, -0.15) is 0 Å². The number of azide groups is 1. The van der Waals surface area contributed by atoms with E-state index >= 15 is 0 Å². The lowest BCUT2D eigenvalue weighted by Gasteiger charge is -1.96. The summed E-state index contributed by atoms with van der Waals surface area (Å²) in [5.41, 5.74) is 10.7. The second kappa shape index (κ2) is 5.18. The lowest BCUT2D eigenvalue weighted by atomic mass is 10.1. The Labute approximate surface area is 98.3 Å². The Morgan fingerprint density at radius 2 is 2.41 bits per heavy atom. The Balaban J connectivity index is 2.03. The molecule has 0 atom stereocenters. The number of nitrogens with zero attached hydrogens (tertiary/aromatic N) is 3. The van der Waals surface area contributed by atoms with Crippen molar-refractivity contribution < 1.29 is 9.53 Å². The highest BCUT2D eigenvalue weighted by Gasteiger charge is 2.20. The molecule has 0 aromatic heterocycles. The maximum absolute atomic E-state index is 11.2. The van der Waals surface area contributed by atoms with E-state index < -0.39 is 0 Å². The monoisotopic (exact) mass is 229 g/mol. The van der Waals surface area contributed by atoms with Crippen LogP contribution in [0.15, 0.2) is 29.4 Å². The van der Waals surface area contributed by atoms with E-state index in [2.05, 4.69) is 10.0 Å². The Morgan fingerprint density at radius 3 is 3.24 bits per heavy atom. The van der Waals surface area contributed by atoms with Crippen LogP contribution in [0.3, 0.4) is 0 Å². The smallest absolute Gasteiger partial charge is 0.338 e. The number of carbonyl (C=O) groups excluding carboxylic acids is 1. The van der Waals surface area contributed by atoms with E-state index in [0.29, 0.717) is 25.1 Å². The maximum Gasteiger partial charge on any atom is 0.338 e. The van der Waals surface area contributed by atoms with Crippen molar-refractivity contribution in [3.63, 3.8) is 0 Å². The van der Waals surface area contributed by atoms with Crippen molar-refractivity contribution in [2.75, 3.05) is 6.54 Å². The van der Waals surface area contributed by atoms with Gasteiger partial charge < -0.3 is 4.74 Å². The van der Waals surface area contributed by atoms with Crippen molar-refractivity contribution in [1.82, 2.24) is 0 Å². The summed E-state index contributed by atoms with van der Waals surface area (Å²) in [6, 6.07) is 5.58. The van der Waals surface area contributed by atoms with Crippen LogP contribution < -0.4 is 0 Å². The van der Waals surface area contributed by atoms with E-state index in [4.69, 9.17) is 10.3 Å². The fourth-order valence-corrected chi connectivity index (χ4v) is 1.65. The average Bonchev–Trinajstić information content (AvgIpc) is 2.71. The lowest BCUT2D eigenvalue weighted by molar-refractivity contribution is 0.0535. The normalized spacial score (nSPS) is 13.3. The first kappa shape index (κ1) is 11.2. The molecule has 0 spiro atoms. The van der Waals surface area contributed by atoms with Crippen LogP contribution in [0.4, 0.5) is 0 Å². The van der Waals surface area contributed by atoms with Gasteiger partial charge in [-0.1, -0.05) is 23.3 Å². The van der Waals surface area contributed by atoms with Crippen molar-refractivity contribution >= 4 is 12.0 Å². The number of ether oxygens (including phenoxy) is 1. The number of hydrogen-bond acceptors (Lipinski definition) is 3. The molecule has 0 unspecified atom stereocenters. The van der Waals surface area contributed by atoms with E-state index in [1.54, 1.807) is 6.07 Å². The van der Waals surface area contributed by atoms with Gasteiger partial charge in [-0.3, -0.25) is 0 Å². The van der Waals surface area contributed by atoms with E-state index in [9.17, 15) is 4.79 Å². The molecule has 0 saturated carbocycles. The van der Waals surface area contributed by atoms with Crippen LogP contribution in [-0.4, -0.2) is 12.5 Å². The molecule has 86 valence electrons. The van der Waals surface area contributed by atoms with Crippen molar-refractivity contribution in [2.45, 2.75) is 13.0 Å². The summed E-state index contributed by atoms with van der Waals surface area (Å²) >= 11 is 0. The van der Waals surface area contributed by atoms with Crippen LogP contribution in [0.1, 0.15) is 27.9 Å². The van der Waals surface area contributed by atoms with Crippen LogP contribution in [0, 0.1) is 0 Å². The third-order valence-electron chi connectivity index (χ3n) is 2.48. The van der Waals surface area contributed by atoms with Gasteiger partial charge in [0.25, 0.3) is 0 Å². The molecular formula is C12H11N3O2. The molecule has 0 amide bonds. The summed E-state index contributed by atoms with van der Waals surface area (Å²) in [5, 5.41) is 3.44. The van der Waals surface area contributed by atoms with E-state index in [1.807, 2.05) is 24.3 Å². The van der Waals surface area contributed by atoms with Gasteiger partial charge >= 0.3 is 5.97 Å². The number of cyclic esters (lactones) is 1. The van der Waals surface area contributed by atoms with Crippen LogP contribution >= 0.6 is 0 Å². The first-order valence-electron chi connectivity index (χ1n) is 5.28. The Bertz CT molecular complexity index is 516. The lowest BCUT2D eigenvalue weighted by Crippen LogP contribution is -1.92. The van der Waals surface area contributed by atoms with Gasteiger partial charge in [0.2, 0.25) is 0 Å². The minimum Gasteiger partial charge on any atom is -0.457 e. The molecule has 17 heavy (non-hydrogen) atoms. The predicted octanol–water partition coefficient (Wildman–Crippen LogP) is 3.07. The number of benzene rings is 1. The molecule has 0 aliphatic carbocycles. The van der Waals surface area contributed by atoms with Crippen molar-refractivity contribution in [3.8, 4) is 0 Å². The number of rotatable bonds is 4. The second-order valence-electron chi connectivity index (χ2n) is 3.64. The quantitative estimate of drug-likeness (QED) is 0.261. The van der Waals surface area contributed by atoms with Crippen molar-refractivity contribution in [1.29, 1.82) is 0 Å². The summed E-state index contributed by atoms with van der Waals surface area (Å²) in [6.07, 6.45) is 4.58. The highest BCUT2D eigenvalue weighted by molar-refractivity contribution is 5.93. The summed E-state index contributed by atoms with van der Waals surface area (Å²) < 4.78 is 4.92. The summed E-state index contributed by atoms with van der Waals surface area (Å²) in [7, 11) is 0. The number of hydrogen-bond donors (Lipinski definition) is 0. The standard InChI is InChI=1S/C12H11N3O2/c13-15-14-6-2-1-3-9-4-5-11-10(7-9)8-17-12(11)16/h1,3-5,7H,2,6,8H2. The summed E-state index contributed by atoms with van der Waals surface area (Å²) in [5.74, 6) is -0.251. The van der Waals surface area contributed by atoms with Crippen LogP contribution in [-0.2, 0) is 11.3 Å². The molecule has 0 N–H and O–H groups in total. The van der Waals surface area contributed by atoms with E-state index in [-0.39, 0.29) is 5.97 Å². The third-order valence-corrected chi connectivity index (χ3v) is 2.48. The molecule has 0 fully saturated rings. The number of esters is 1. The van der Waals surface area contributed by atoms with Gasteiger partial charge in [0.05, 0.1) is 5.56 Å². The first-order valence-corrected chi connectivity index (χ1v) is 5.28. The van der Waals surface area contributed by atoms with E-state index in [0.717, 1.165) is 11.1 Å². The van der Waals surface area contributed by atoms with Gasteiger partial charge in [-0.05, 0) is 29.6 Å². The molecule has 1 aliphatic heterocycles. The minimum atomic E-state index is -0.251. The zero-order chi connectivity index (χ0) is 12.1. The van der Waals surface area contributed by atoms with Gasteiger partial charge in [-0.15, -0.1) is 0 Å². The summed E-state index contributed by atoms with van der Waals surface area (Å²) in [6.45, 7) is 0.814. The van der Waals surface area contributed by atoms with Gasteiger partial charge in [-0.25, -0.2) is 4.79 Å². The molecule has 1 aliphatic rings. The predicted molar refractivity (Wildman–Crippen MR) is 63.2 cm³/mol. The molecule has 1 heterocycles. The molecule has 5 nitrogen and oxygen atoms in total. The first-order chi connectivity index (χ1) is 8.31. The Hall–Kier alpha value is -2.26. The fourth-order valence-electron chi connectivity index (χ4n) is 1.65. The maximum atomic E-state index is 11.2. The highest BCUT2D eigenvalue weighted by atomic mass is 16.5. The summed E-state index contributed by atoms with van der Waals surface area (Å²) in [4.78, 5) is 13.9. The molecule has 1 aromatic carbocycles. The Kier molecular flexibility index (Phi) is 3.43. The molecule has 0 radical (unpaired) electrons. The molecule has 0 saturated heterocycles. The van der Waals surface area contributed by atoms with Gasteiger partial charge in [0, 0.05) is 17.0 Å². The van der Waals surface area contributed by atoms with Gasteiger partial charge in [0.1, 0.15) is 6.61 Å². The minimum absolute atomic E-state index is 0.251. The third kappa shape index (κ3) is 2.65. The molecule has 2 rings (SSSR count). The molecular weight excluding hydrogens is 218 g/mol. The SMILES string of the molecule is [N-]=[N+]=NCCC=Cc1ccc2c(c1)COC2=O. The fraction of sp³-hybridized carbons (Fsp3) is 0.250. The molecule has 1 aromatic rings. The van der Waals surface area contributed by atoms with Crippen LogP contribution in [0.2, 0.25) is 0 Å². The molecule has 0 bridgehead atoms. The highest BCUT2D eigenvalue weighted by Crippen LogP contribution is 2.21. The Morgan fingerprint density at radius 1 is 1.53 bits per heavy atom. The zero-order valence-electron chi connectivity index (χ0n) is 9.17.